The van der Waals surface area contributed by atoms with Crippen molar-refractivity contribution in [3.05, 3.63) is 95.6 Å². The molecule has 1 aromatic heterocycles. The van der Waals surface area contributed by atoms with Crippen molar-refractivity contribution in [3.63, 3.8) is 0 Å². The second-order valence-electron chi connectivity index (χ2n) is 9.45. The Morgan fingerprint density at radius 3 is 2.38 bits per heavy atom. The van der Waals surface area contributed by atoms with Crippen LogP contribution >= 0.6 is 0 Å². The number of carbonyl (C=O) groups is 1. The number of nitrogen functional groups attached to an aromatic ring is 1. The zero-order valence-corrected chi connectivity index (χ0v) is 24.3. The van der Waals surface area contributed by atoms with Gasteiger partial charge < -0.3 is 10.6 Å². The van der Waals surface area contributed by atoms with E-state index in [1.165, 1.54) is 12.3 Å². The molecule has 0 spiro atoms. The predicted octanol–water partition coefficient (Wildman–Crippen LogP) is 4.38. The maximum Gasteiger partial charge on any atom is 0.243 e. The first kappa shape index (κ1) is 32.3. The molecule has 0 unspecified atom stereocenters. The van der Waals surface area contributed by atoms with Crippen LogP contribution in [0.1, 0.15) is 37.8 Å². The van der Waals surface area contributed by atoms with E-state index >= 15 is 0 Å². The van der Waals surface area contributed by atoms with Gasteiger partial charge in [0.1, 0.15) is 28.2 Å². The number of anilines is 1. The van der Waals surface area contributed by atoms with Gasteiger partial charge in [0.25, 0.3) is 0 Å². The average Bonchev–Trinajstić information content (AvgIpc) is 2.97. The number of pyridine rings is 1. The lowest BCUT2D eigenvalue weighted by Crippen LogP contribution is -2.43. The Morgan fingerprint density at radius 2 is 1.76 bits per heavy atom. The summed E-state index contributed by atoms with van der Waals surface area (Å²) in [5, 5.41) is 6.45. The minimum Gasteiger partial charge on any atom is -0.384 e. The minimum atomic E-state index is -3.92. The highest BCUT2D eigenvalue weighted by molar-refractivity contribution is 7.89. The topological polar surface area (TPSA) is 121 Å². The number of nitrogens with one attached hydrogen (secondary N) is 1. The number of amides is 1. The first-order valence-electron chi connectivity index (χ1n) is 13.0. The number of aromatic nitrogens is 1. The molecule has 2 aromatic carbocycles. The van der Waals surface area contributed by atoms with E-state index in [4.69, 9.17) is 5.73 Å². The molecule has 224 valence electrons. The van der Waals surface area contributed by atoms with E-state index in [2.05, 4.69) is 10.1 Å². The lowest BCUT2D eigenvalue weighted by atomic mass is 10.0. The van der Waals surface area contributed by atoms with Gasteiger partial charge in [0.2, 0.25) is 15.9 Å². The fourth-order valence-electron chi connectivity index (χ4n) is 4.15. The zero-order chi connectivity index (χ0) is 30.9. The van der Waals surface area contributed by atoms with Crippen LogP contribution in [0.5, 0.6) is 0 Å². The fraction of sp³-hybridized carbons (Fsp3) is 0.276. The normalized spacial score (nSPS) is 14.4. The number of rotatable bonds is 7. The fourth-order valence-corrected chi connectivity index (χ4v) is 4.96. The summed E-state index contributed by atoms with van der Waals surface area (Å²) in [7, 11) is -2.79. The highest BCUT2D eigenvalue weighted by Gasteiger charge is 2.24. The largest absolute Gasteiger partial charge is 0.384 e. The van der Waals surface area contributed by atoms with Gasteiger partial charge in [0.05, 0.1) is 12.3 Å². The number of halogens is 3. The van der Waals surface area contributed by atoms with Crippen molar-refractivity contribution in [2.45, 2.75) is 37.6 Å². The van der Waals surface area contributed by atoms with Gasteiger partial charge in [-0.3, -0.25) is 9.80 Å². The smallest absolute Gasteiger partial charge is 0.243 e. The van der Waals surface area contributed by atoms with E-state index in [-0.39, 0.29) is 17.8 Å². The van der Waals surface area contributed by atoms with E-state index in [0.29, 0.717) is 30.5 Å². The van der Waals surface area contributed by atoms with Gasteiger partial charge in [0, 0.05) is 38.0 Å². The number of hydrogen-bond acceptors (Lipinski definition) is 7. The molecule has 1 amide bonds. The maximum absolute atomic E-state index is 14.0. The molecule has 9 nitrogen and oxygen atoms in total. The van der Waals surface area contributed by atoms with Crippen LogP contribution in [0.15, 0.2) is 77.0 Å². The summed E-state index contributed by atoms with van der Waals surface area (Å²) in [6.45, 7) is 4.93. The quantitative estimate of drug-likeness (QED) is 0.306. The lowest BCUT2D eigenvalue weighted by molar-refractivity contribution is -0.130. The van der Waals surface area contributed by atoms with E-state index in [9.17, 15) is 26.4 Å². The molecular weight excluding hydrogens is 569 g/mol. The number of hydrogen-bond donors (Lipinski definition) is 2. The molecule has 2 heterocycles. The van der Waals surface area contributed by atoms with E-state index in [0.717, 1.165) is 43.2 Å². The van der Waals surface area contributed by atoms with E-state index in [1.807, 2.05) is 39.9 Å². The van der Waals surface area contributed by atoms with Gasteiger partial charge >= 0.3 is 0 Å². The highest BCUT2D eigenvalue weighted by Crippen LogP contribution is 2.22. The average molecular weight is 603 g/mol. The van der Waals surface area contributed by atoms with Gasteiger partial charge in [-0.2, -0.15) is 5.10 Å². The molecule has 0 bridgehead atoms. The van der Waals surface area contributed by atoms with Gasteiger partial charge in [0.15, 0.2) is 0 Å². The van der Waals surface area contributed by atoms with Gasteiger partial charge in [-0.05, 0) is 74.3 Å². The van der Waals surface area contributed by atoms with Crippen LogP contribution in [0.4, 0.5) is 19.0 Å². The molecule has 0 radical (unpaired) electrons. The monoisotopic (exact) mass is 602 g/mol. The number of likely N-dealkylation sites (tertiary alicyclic amines) is 1. The standard InChI is InChI=1S/C22H26FN5O.C7H7F2NO2S/c1-16(18-7-10-25-22(24)13-18)15-28(20-8-11-27(12-9-20)17(2)29)26-14-19-5-3-4-6-21(19)23;1-10-13(11,12)7-4-5(8)2-3-6(7)9/h3-7,10,13-15,20H,8-9,11-12H2,1-2H3,(H2,24,25);2-4,10H,1H3/b16-15+,26-14+;. The van der Waals surface area contributed by atoms with Crippen LogP contribution in [-0.2, 0) is 14.8 Å². The second-order valence-corrected chi connectivity index (χ2v) is 11.3. The SMILES string of the molecule is CC(=O)N1CCC(N(/C=C(\C)c2ccnc(N)c2)/N=C/c2ccccc2F)CC1.CNS(=O)(=O)c1cc(F)ccc1F. The third-order valence-corrected chi connectivity index (χ3v) is 7.96. The molecule has 1 aliphatic rings. The van der Waals surface area contributed by atoms with Crippen molar-refractivity contribution in [1.82, 2.24) is 19.6 Å². The second kappa shape index (κ2) is 14.6. The highest BCUT2D eigenvalue weighted by atomic mass is 32.2. The molecule has 0 aliphatic carbocycles. The Morgan fingerprint density at radius 1 is 1.07 bits per heavy atom. The maximum atomic E-state index is 14.0. The number of hydrazone groups is 1. The van der Waals surface area contributed by atoms with Crippen LogP contribution in [0.3, 0.4) is 0 Å². The van der Waals surface area contributed by atoms with Crippen LogP contribution < -0.4 is 10.5 Å². The molecular formula is C29H33F3N6O3S. The number of sulfonamides is 1. The first-order chi connectivity index (χ1) is 19.9. The number of carbonyl (C=O) groups excluding carboxylic acids is 1. The molecule has 0 atom stereocenters. The summed E-state index contributed by atoms with van der Waals surface area (Å²) in [4.78, 5) is 16.8. The van der Waals surface area contributed by atoms with Crippen molar-refractivity contribution in [2.24, 2.45) is 5.10 Å². The molecule has 0 saturated carbocycles. The summed E-state index contributed by atoms with van der Waals surface area (Å²) in [5.41, 5.74) is 8.15. The number of allylic oxidation sites excluding steroid dienone is 1. The summed E-state index contributed by atoms with van der Waals surface area (Å²) < 4.78 is 63.4. The Labute approximate surface area is 243 Å². The molecule has 1 saturated heterocycles. The van der Waals surface area contributed by atoms with Crippen molar-refractivity contribution >= 4 is 33.5 Å². The van der Waals surface area contributed by atoms with Crippen LogP contribution in [0, 0.1) is 17.5 Å². The predicted molar refractivity (Wildman–Crippen MR) is 156 cm³/mol. The number of nitrogens with two attached hydrogens (primary N) is 1. The summed E-state index contributed by atoms with van der Waals surface area (Å²) in [6, 6.07) is 12.6. The Hall–Kier alpha value is -4.23. The number of benzene rings is 2. The first-order valence-corrected chi connectivity index (χ1v) is 14.5. The molecule has 13 heteroatoms. The lowest BCUT2D eigenvalue weighted by Gasteiger charge is -2.35. The van der Waals surface area contributed by atoms with Crippen LogP contribution in [0.2, 0.25) is 0 Å². The molecule has 4 rings (SSSR count). The molecule has 3 N–H and O–H groups in total. The van der Waals surface area contributed by atoms with Crippen molar-refractivity contribution in [3.8, 4) is 0 Å². The molecule has 3 aromatic rings. The Kier molecular flexibility index (Phi) is 11.2. The molecule has 1 aliphatic heterocycles. The minimum absolute atomic E-state index is 0.0869. The van der Waals surface area contributed by atoms with Gasteiger partial charge in [-0.1, -0.05) is 18.2 Å². The Bertz CT molecular complexity index is 1560. The van der Waals surface area contributed by atoms with Gasteiger partial charge in [-0.15, -0.1) is 0 Å². The third kappa shape index (κ3) is 8.88. The van der Waals surface area contributed by atoms with Crippen molar-refractivity contribution in [2.75, 3.05) is 25.9 Å². The summed E-state index contributed by atoms with van der Waals surface area (Å²) in [6.07, 6.45) is 6.73. The van der Waals surface area contributed by atoms with E-state index in [1.54, 1.807) is 31.3 Å². The molecule has 42 heavy (non-hydrogen) atoms. The summed E-state index contributed by atoms with van der Waals surface area (Å²) in [5.74, 6) is -1.55. The van der Waals surface area contributed by atoms with Crippen LogP contribution in [-0.4, -0.2) is 61.6 Å². The van der Waals surface area contributed by atoms with Gasteiger partial charge in [-0.25, -0.2) is 31.3 Å². The van der Waals surface area contributed by atoms with E-state index < -0.39 is 26.6 Å². The summed E-state index contributed by atoms with van der Waals surface area (Å²) >= 11 is 0. The number of nitrogens with zero attached hydrogens (tertiary/aromatic N) is 4. The van der Waals surface area contributed by atoms with Crippen LogP contribution in [0.25, 0.3) is 5.57 Å². The Balaban J connectivity index is 0.000000312. The van der Waals surface area contributed by atoms with Crippen molar-refractivity contribution < 1.29 is 26.4 Å². The number of piperidine rings is 1. The zero-order valence-electron chi connectivity index (χ0n) is 23.5. The molecule has 1 fully saturated rings. The third-order valence-electron chi connectivity index (χ3n) is 6.53. The van der Waals surface area contributed by atoms with Crippen molar-refractivity contribution in [1.29, 1.82) is 0 Å².